The van der Waals surface area contributed by atoms with Gasteiger partial charge in [0, 0.05) is 22.1 Å². The van der Waals surface area contributed by atoms with Crippen LogP contribution >= 0.6 is 0 Å². The van der Waals surface area contributed by atoms with Crippen molar-refractivity contribution in [3.05, 3.63) is 191 Å². The average molecular weight is 1090 g/mol. The second-order valence-electron chi connectivity index (χ2n) is 21.0. The van der Waals surface area contributed by atoms with Crippen LogP contribution in [0.15, 0.2) is 165 Å². The fraction of sp³-hybridized carbons (Fsp3) is 0.267. The van der Waals surface area contributed by atoms with Crippen molar-refractivity contribution in [1.29, 1.82) is 0 Å². The molecule has 4 aliphatic carbocycles. The molecule has 76 heavy (non-hydrogen) atoms. The summed E-state index contributed by atoms with van der Waals surface area (Å²) >= 11 is 0. The van der Waals surface area contributed by atoms with Gasteiger partial charge in [0.1, 0.15) is 0 Å². The molecule has 386 valence electrons. The number of fused-ring (bicyclic) bond motifs is 18. The van der Waals surface area contributed by atoms with Crippen LogP contribution in [0.5, 0.6) is 0 Å². The van der Waals surface area contributed by atoms with Crippen molar-refractivity contribution in [3.8, 4) is 0 Å². The van der Waals surface area contributed by atoms with E-state index in [9.17, 15) is 33.7 Å². The van der Waals surface area contributed by atoms with Gasteiger partial charge in [0.2, 0.25) is 0 Å². The highest BCUT2D eigenvalue weighted by atomic mass is 32.2. The summed E-state index contributed by atoms with van der Waals surface area (Å²) < 4.78 is 115. The molecule has 5 heterocycles. The number of sulfone groups is 4. The van der Waals surface area contributed by atoms with Gasteiger partial charge in [-0.1, -0.05) is 72.8 Å². The van der Waals surface area contributed by atoms with Gasteiger partial charge >= 0.3 is 0 Å². The Morgan fingerprint density at radius 3 is 0.947 bits per heavy atom. The molecule has 0 spiro atoms. The van der Waals surface area contributed by atoms with Crippen molar-refractivity contribution in [2.24, 2.45) is 0 Å². The van der Waals surface area contributed by atoms with Crippen molar-refractivity contribution in [2.75, 3.05) is 0 Å². The summed E-state index contributed by atoms with van der Waals surface area (Å²) in [6, 6.07) is 42.1. The largest absolute Gasteiger partial charge is 0.355 e. The summed E-state index contributed by atoms with van der Waals surface area (Å²) in [4.78, 5) is 19.2. The number of aryl methyl sites for hydroxylation is 2. The molecule has 6 aliphatic rings. The van der Waals surface area contributed by atoms with E-state index in [2.05, 4.69) is 16.0 Å². The van der Waals surface area contributed by atoms with E-state index in [1.807, 2.05) is 18.2 Å². The minimum Gasteiger partial charge on any atom is -0.355 e. The van der Waals surface area contributed by atoms with Crippen LogP contribution in [0.3, 0.4) is 0 Å². The van der Waals surface area contributed by atoms with Crippen LogP contribution in [-0.4, -0.2) is 74.6 Å². The Bertz CT molecular complexity index is 3980. The predicted molar refractivity (Wildman–Crippen MR) is 296 cm³/mol. The topological polar surface area (TPSA) is 194 Å². The van der Waals surface area contributed by atoms with E-state index in [1.165, 1.54) is 0 Å². The summed E-state index contributed by atoms with van der Waals surface area (Å²) in [5.74, 6) is 0. The first-order chi connectivity index (χ1) is 36.6. The van der Waals surface area contributed by atoms with E-state index in [0.29, 0.717) is 85.2 Å². The molecule has 7 aromatic rings. The normalized spacial score (nSPS) is 20.8. The average Bonchev–Trinajstić information content (AvgIpc) is 4.19. The summed E-state index contributed by atoms with van der Waals surface area (Å²) in [7, 11) is -15.0. The van der Waals surface area contributed by atoms with Gasteiger partial charge in [-0.05, 0) is 194 Å². The summed E-state index contributed by atoms with van der Waals surface area (Å²) in [5, 5.41) is -2.86. The molecule has 2 aliphatic heterocycles. The monoisotopic (exact) mass is 1090 g/mol. The van der Waals surface area contributed by atoms with Crippen molar-refractivity contribution in [3.63, 3.8) is 0 Å². The highest BCUT2D eigenvalue weighted by molar-refractivity contribution is 7.93. The lowest BCUT2D eigenvalue weighted by molar-refractivity contribution is 0.562. The van der Waals surface area contributed by atoms with Crippen LogP contribution in [0.4, 0.5) is 0 Å². The van der Waals surface area contributed by atoms with Crippen LogP contribution in [0.2, 0.25) is 0 Å². The van der Waals surface area contributed by atoms with Gasteiger partial charge in [-0.3, -0.25) is 0 Å². The number of nitrogens with one attached hydrogen (secondary N) is 2. The van der Waals surface area contributed by atoms with Gasteiger partial charge in [-0.25, -0.2) is 43.6 Å². The number of aromatic amines is 2. The van der Waals surface area contributed by atoms with E-state index < -0.39 is 60.3 Å². The number of H-pyrrole nitrogens is 2. The Kier molecular flexibility index (Phi) is 11.9. The van der Waals surface area contributed by atoms with Crippen LogP contribution in [-0.2, 0) is 65.0 Å². The van der Waals surface area contributed by atoms with E-state index in [0.717, 1.165) is 55.6 Å². The maximum atomic E-state index is 14.4. The fourth-order valence-electron chi connectivity index (χ4n) is 12.8. The molecule has 2 N–H and O–H groups in total. The number of aromatic nitrogens is 4. The zero-order chi connectivity index (χ0) is 52.1. The Hall–Kier alpha value is -6.72. The van der Waals surface area contributed by atoms with Crippen molar-refractivity contribution < 1.29 is 33.7 Å². The van der Waals surface area contributed by atoms with E-state index >= 15 is 0 Å². The van der Waals surface area contributed by atoms with Gasteiger partial charge in [-0.15, -0.1) is 0 Å². The zero-order valence-corrected chi connectivity index (χ0v) is 44.7. The van der Waals surface area contributed by atoms with Crippen molar-refractivity contribution in [1.82, 2.24) is 19.9 Å². The molecule has 0 fully saturated rings. The third-order valence-electron chi connectivity index (χ3n) is 16.8. The number of rotatable bonds is 8. The number of nitrogens with zero attached hydrogens (tertiary/aromatic N) is 2. The van der Waals surface area contributed by atoms with Crippen LogP contribution < -0.4 is 0 Å². The van der Waals surface area contributed by atoms with E-state index in [-0.39, 0.29) is 45.3 Å². The first kappa shape index (κ1) is 48.9. The highest BCUT2D eigenvalue weighted by Gasteiger charge is 2.40. The van der Waals surface area contributed by atoms with E-state index in [4.69, 9.17) is 9.97 Å². The van der Waals surface area contributed by atoms with Gasteiger partial charge in [0.25, 0.3) is 0 Å². The molecular weight excluding hydrogens is 1030 g/mol. The third-order valence-corrected chi connectivity index (χ3v) is 25.6. The summed E-state index contributed by atoms with van der Waals surface area (Å²) in [5.41, 5.74) is 12.6. The maximum Gasteiger partial charge on any atom is 0.181 e. The second-order valence-corrected chi connectivity index (χ2v) is 29.9. The standard InChI is InChI=1S/C60H54N4O8S4/c65-73(66,37-13-5-1-6-14-37)41-21-25-45-49(29-41)57-34-55-47-27-23-43(75(69,70)39-17-9-3-10-18-39)31-51(47)59(63-55)36-60-52-32-44(76(71,72)40-19-11-4-12-20-40)24-28-48(52)56(64-60)35-58-50-30-42(74(67,68)38-15-7-2-8-16-38)22-26-46(50)54(62-58)33-53(45)61-57/h1-20,33-36,41-44,61-62H,21-32H2. The number of hydrogen-bond donors (Lipinski definition) is 2. The molecule has 4 aromatic carbocycles. The molecule has 12 nitrogen and oxygen atoms in total. The molecule has 0 amide bonds. The lowest BCUT2D eigenvalue weighted by atomic mass is 9.87. The van der Waals surface area contributed by atoms with Crippen molar-refractivity contribution in [2.45, 2.75) is 118 Å². The van der Waals surface area contributed by atoms with Gasteiger partial charge in [0.05, 0.1) is 63.4 Å². The lowest BCUT2D eigenvalue weighted by Gasteiger charge is -2.25. The molecule has 0 saturated carbocycles. The third kappa shape index (κ3) is 8.25. The lowest BCUT2D eigenvalue weighted by Crippen LogP contribution is -2.28. The summed E-state index contributed by atoms with van der Waals surface area (Å²) in [6.07, 6.45) is 4.25. The number of hydrogen-bond acceptors (Lipinski definition) is 10. The molecule has 0 saturated heterocycles. The van der Waals surface area contributed by atoms with Crippen molar-refractivity contribution >= 4 is 83.7 Å². The summed E-state index contributed by atoms with van der Waals surface area (Å²) in [6.45, 7) is 0. The van der Waals surface area contributed by atoms with Crippen LogP contribution in [0.1, 0.15) is 96.4 Å². The Morgan fingerprint density at radius 1 is 0.316 bits per heavy atom. The molecular formula is C60H54N4O8S4. The fourth-order valence-corrected chi connectivity index (χ4v) is 19.7. The SMILES string of the molecule is O=S(=O)(c1ccccc1)C1CCC2=C(C1)c1cc3nc(cc4[nH]c(cc5[nH]c(cc2n1)c1c5CCC(S(=O)(=O)c2ccccc2)C1)c1c4CC(S(=O)(=O)c2ccccc2)CC1)C1=C3CC(S(=O)(=O)c2ccccc2)CC1. The quantitative estimate of drug-likeness (QED) is 0.148. The Balaban J connectivity index is 1.05. The van der Waals surface area contributed by atoms with E-state index in [1.54, 1.807) is 121 Å². The first-order valence-electron chi connectivity index (χ1n) is 26.0. The van der Waals surface area contributed by atoms with Crippen LogP contribution in [0.25, 0.3) is 44.4 Å². The Morgan fingerprint density at radius 2 is 0.605 bits per heavy atom. The van der Waals surface area contributed by atoms with Gasteiger partial charge in [0.15, 0.2) is 39.3 Å². The Labute approximate surface area is 442 Å². The molecule has 4 atom stereocenters. The van der Waals surface area contributed by atoms with Crippen LogP contribution in [0, 0.1) is 0 Å². The zero-order valence-electron chi connectivity index (χ0n) is 41.4. The molecule has 4 unspecified atom stereocenters. The first-order valence-corrected chi connectivity index (χ1v) is 32.2. The van der Waals surface area contributed by atoms with Gasteiger partial charge in [-0.2, -0.15) is 0 Å². The molecule has 8 bridgehead atoms. The minimum atomic E-state index is -3.76. The predicted octanol–water partition coefficient (Wildman–Crippen LogP) is 10.9. The molecule has 3 aromatic heterocycles. The highest BCUT2D eigenvalue weighted by Crippen LogP contribution is 2.48. The smallest absolute Gasteiger partial charge is 0.181 e. The number of benzene rings is 4. The second kappa shape index (κ2) is 18.5. The molecule has 16 heteroatoms. The molecule has 13 rings (SSSR count). The maximum absolute atomic E-state index is 14.4. The van der Waals surface area contributed by atoms with Gasteiger partial charge < -0.3 is 9.97 Å². The molecule has 0 radical (unpaired) electrons. The minimum absolute atomic E-state index is 0.190. The number of allylic oxidation sites excluding steroid dienone is 4.